The van der Waals surface area contributed by atoms with E-state index in [1.54, 1.807) is 6.20 Å². The van der Waals surface area contributed by atoms with Gasteiger partial charge in [-0.2, -0.15) is 0 Å². The molecule has 0 bridgehead atoms. The van der Waals surface area contributed by atoms with E-state index in [9.17, 15) is 0 Å². The lowest BCUT2D eigenvalue weighted by atomic mass is 10.2. The van der Waals surface area contributed by atoms with Crippen LogP contribution in [0.1, 0.15) is 37.5 Å². The van der Waals surface area contributed by atoms with Gasteiger partial charge in [-0.25, -0.2) is 4.98 Å². The minimum Gasteiger partial charge on any atom is -0.444 e. The van der Waals surface area contributed by atoms with Gasteiger partial charge >= 0.3 is 0 Å². The Kier molecular flexibility index (Phi) is 2.68. The van der Waals surface area contributed by atoms with Gasteiger partial charge in [0, 0.05) is 6.04 Å². The molecule has 0 aromatic carbocycles. The minimum absolute atomic E-state index is 0.202. The van der Waals surface area contributed by atoms with Crippen LogP contribution in [0.25, 0.3) is 0 Å². The number of nitrogens with one attached hydrogen (secondary N) is 1. The highest BCUT2D eigenvalue weighted by molar-refractivity contribution is 5.01. The molecule has 1 aliphatic rings. The molecule has 0 radical (unpaired) electrons. The minimum atomic E-state index is 0.202. The molecule has 1 N–H and O–H groups in total. The average molecular weight is 192 g/mol. The second kappa shape index (κ2) is 3.96. The van der Waals surface area contributed by atoms with Gasteiger partial charge in [0.15, 0.2) is 0 Å². The molecule has 3 heteroatoms. The van der Waals surface area contributed by atoms with Crippen LogP contribution >= 0.6 is 0 Å². The van der Waals surface area contributed by atoms with Gasteiger partial charge in [-0.1, -0.05) is 12.2 Å². The molecule has 1 unspecified atom stereocenters. The lowest BCUT2D eigenvalue weighted by Crippen LogP contribution is -2.29. The Balaban J connectivity index is 1.92. The first kappa shape index (κ1) is 9.46. The summed E-state index contributed by atoms with van der Waals surface area (Å²) in [6.07, 6.45) is 8.42. The fourth-order valence-corrected chi connectivity index (χ4v) is 1.75. The molecule has 76 valence electrons. The highest BCUT2D eigenvalue weighted by atomic mass is 16.4. The van der Waals surface area contributed by atoms with Crippen molar-refractivity contribution in [3.63, 3.8) is 0 Å². The normalized spacial score (nSPS) is 19.0. The van der Waals surface area contributed by atoms with Gasteiger partial charge in [0.25, 0.3) is 0 Å². The number of rotatable bonds is 3. The molecule has 0 fully saturated rings. The van der Waals surface area contributed by atoms with Crippen LogP contribution in [0.2, 0.25) is 0 Å². The maximum Gasteiger partial charge on any atom is 0.211 e. The van der Waals surface area contributed by atoms with Gasteiger partial charge in [0.2, 0.25) is 5.89 Å². The summed E-state index contributed by atoms with van der Waals surface area (Å²) in [5.41, 5.74) is 0. The summed E-state index contributed by atoms with van der Waals surface area (Å²) in [6.45, 7) is 4.00. The predicted octanol–water partition coefficient (Wildman–Crippen LogP) is 2.35. The third-order valence-corrected chi connectivity index (χ3v) is 2.50. The number of aryl methyl sites for hydroxylation is 1. The number of aromatic nitrogens is 1. The second-order valence-corrected chi connectivity index (χ2v) is 3.84. The summed E-state index contributed by atoms with van der Waals surface area (Å²) in [7, 11) is 0. The van der Waals surface area contributed by atoms with Gasteiger partial charge in [-0.3, -0.25) is 0 Å². The van der Waals surface area contributed by atoms with Crippen LogP contribution in [-0.4, -0.2) is 11.0 Å². The van der Waals surface area contributed by atoms with E-state index in [1.807, 2.05) is 6.92 Å². The maximum atomic E-state index is 5.46. The van der Waals surface area contributed by atoms with Crippen LogP contribution in [0, 0.1) is 6.92 Å². The standard InChI is InChI=1S/C11H16N2O/c1-8-7-12-11(14-8)9(2)13-10-5-3-4-6-10/h3-4,7,9-10,13H,5-6H2,1-2H3. The summed E-state index contributed by atoms with van der Waals surface area (Å²) >= 11 is 0. The topological polar surface area (TPSA) is 38.1 Å². The van der Waals surface area contributed by atoms with Crippen molar-refractivity contribution in [1.82, 2.24) is 10.3 Å². The fourth-order valence-electron chi connectivity index (χ4n) is 1.75. The molecule has 1 atom stereocenters. The van der Waals surface area contributed by atoms with Crippen molar-refractivity contribution < 1.29 is 4.42 Å². The van der Waals surface area contributed by atoms with Crippen molar-refractivity contribution in [3.8, 4) is 0 Å². The zero-order valence-corrected chi connectivity index (χ0v) is 8.66. The van der Waals surface area contributed by atoms with E-state index < -0.39 is 0 Å². The number of hydrogen-bond acceptors (Lipinski definition) is 3. The molecule has 0 saturated carbocycles. The Bertz CT molecular complexity index is 322. The first-order valence-electron chi connectivity index (χ1n) is 5.09. The van der Waals surface area contributed by atoms with Gasteiger partial charge in [-0.15, -0.1) is 0 Å². The van der Waals surface area contributed by atoms with Crippen LogP contribution in [0.15, 0.2) is 22.8 Å². The first-order valence-corrected chi connectivity index (χ1v) is 5.09. The number of hydrogen-bond donors (Lipinski definition) is 1. The molecule has 3 nitrogen and oxygen atoms in total. The van der Waals surface area contributed by atoms with E-state index in [2.05, 4.69) is 29.4 Å². The monoisotopic (exact) mass is 192 g/mol. The van der Waals surface area contributed by atoms with E-state index >= 15 is 0 Å². The van der Waals surface area contributed by atoms with Gasteiger partial charge < -0.3 is 9.73 Å². The second-order valence-electron chi connectivity index (χ2n) is 3.84. The van der Waals surface area contributed by atoms with Crippen molar-refractivity contribution in [2.75, 3.05) is 0 Å². The molecule has 0 saturated heterocycles. The maximum absolute atomic E-state index is 5.46. The molecule has 0 aliphatic heterocycles. The molecular weight excluding hydrogens is 176 g/mol. The van der Waals surface area contributed by atoms with Gasteiger partial charge in [0.05, 0.1) is 12.2 Å². The fraction of sp³-hybridized carbons (Fsp3) is 0.545. The number of nitrogens with zero attached hydrogens (tertiary/aromatic N) is 1. The Morgan fingerprint density at radius 1 is 1.50 bits per heavy atom. The molecule has 14 heavy (non-hydrogen) atoms. The van der Waals surface area contributed by atoms with E-state index in [0.717, 1.165) is 24.5 Å². The Labute approximate surface area is 84.2 Å². The predicted molar refractivity (Wildman–Crippen MR) is 55.0 cm³/mol. The molecule has 0 spiro atoms. The zero-order chi connectivity index (χ0) is 9.97. The third-order valence-electron chi connectivity index (χ3n) is 2.50. The molecule has 1 aromatic heterocycles. The molecule has 1 aromatic rings. The smallest absolute Gasteiger partial charge is 0.211 e. The highest BCUT2D eigenvalue weighted by Crippen LogP contribution is 2.17. The van der Waals surface area contributed by atoms with E-state index in [-0.39, 0.29) is 6.04 Å². The van der Waals surface area contributed by atoms with Gasteiger partial charge in [-0.05, 0) is 26.7 Å². The molecular formula is C11H16N2O. The Morgan fingerprint density at radius 2 is 2.21 bits per heavy atom. The first-order chi connectivity index (χ1) is 6.75. The average Bonchev–Trinajstić information content (AvgIpc) is 2.75. The van der Waals surface area contributed by atoms with Crippen molar-refractivity contribution in [2.45, 2.75) is 38.8 Å². The van der Waals surface area contributed by atoms with Crippen LogP contribution in [0.5, 0.6) is 0 Å². The Morgan fingerprint density at radius 3 is 2.79 bits per heavy atom. The molecule has 0 amide bonds. The third kappa shape index (κ3) is 2.04. The largest absolute Gasteiger partial charge is 0.444 e. The summed E-state index contributed by atoms with van der Waals surface area (Å²) in [6, 6.07) is 0.755. The van der Waals surface area contributed by atoms with Crippen molar-refractivity contribution >= 4 is 0 Å². The summed E-state index contributed by atoms with van der Waals surface area (Å²) < 4.78 is 5.46. The lowest BCUT2D eigenvalue weighted by molar-refractivity contribution is 0.374. The van der Waals surface area contributed by atoms with Crippen LogP contribution in [0.3, 0.4) is 0 Å². The van der Waals surface area contributed by atoms with Crippen LogP contribution < -0.4 is 5.32 Å². The quantitative estimate of drug-likeness (QED) is 0.747. The molecule has 2 rings (SSSR count). The Hall–Kier alpha value is -1.09. The summed E-state index contributed by atoms with van der Waals surface area (Å²) in [5, 5.41) is 3.49. The highest BCUT2D eigenvalue weighted by Gasteiger charge is 2.17. The summed E-state index contributed by atoms with van der Waals surface area (Å²) in [5.74, 6) is 1.66. The SMILES string of the molecule is Cc1cnc(C(C)NC2CC=CC2)o1. The summed E-state index contributed by atoms with van der Waals surface area (Å²) in [4.78, 5) is 4.21. The van der Waals surface area contributed by atoms with Crippen LogP contribution in [0.4, 0.5) is 0 Å². The van der Waals surface area contributed by atoms with Crippen molar-refractivity contribution in [3.05, 3.63) is 30.0 Å². The van der Waals surface area contributed by atoms with Crippen molar-refractivity contribution in [2.24, 2.45) is 0 Å². The van der Waals surface area contributed by atoms with E-state index in [0.29, 0.717) is 6.04 Å². The zero-order valence-electron chi connectivity index (χ0n) is 8.66. The number of oxazole rings is 1. The van der Waals surface area contributed by atoms with Crippen LogP contribution in [-0.2, 0) is 0 Å². The van der Waals surface area contributed by atoms with E-state index in [4.69, 9.17) is 4.42 Å². The lowest BCUT2D eigenvalue weighted by Gasteiger charge is -2.16. The molecule has 1 heterocycles. The van der Waals surface area contributed by atoms with Crippen molar-refractivity contribution in [1.29, 1.82) is 0 Å². The van der Waals surface area contributed by atoms with Gasteiger partial charge in [0.1, 0.15) is 5.76 Å². The molecule has 1 aliphatic carbocycles. The van der Waals surface area contributed by atoms with E-state index in [1.165, 1.54) is 0 Å².